The van der Waals surface area contributed by atoms with Crippen molar-refractivity contribution < 1.29 is 23.8 Å². The Balaban J connectivity index is 1.45. The van der Waals surface area contributed by atoms with Crippen molar-refractivity contribution in [3.05, 3.63) is 48.0 Å². The van der Waals surface area contributed by atoms with Gasteiger partial charge >= 0.3 is 0 Å². The predicted octanol–water partition coefficient (Wildman–Crippen LogP) is 1.95. The third-order valence-corrected chi connectivity index (χ3v) is 5.29. The van der Waals surface area contributed by atoms with Gasteiger partial charge in [0, 0.05) is 49.6 Å². The molecule has 2 amide bonds. The molecule has 2 aliphatic heterocycles. The molecule has 180 valence electrons. The van der Waals surface area contributed by atoms with E-state index in [-0.39, 0.29) is 11.8 Å². The number of morpholine rings is 1. The summed E-state index contributed by atoms with van der Waals surface area (Å²) in [5.41, 5.74) is 1.78. The number of carbonyl (C=O) groups is 2. The van der Waals surface area contributed by atoms with Crippen LogP contribution in [0.15, 0.2) is 47.5 Å². The van der Waals surface area contributed by atoms with Crippen LogP contribution in [0.4, 0.5) is 11.4 Å². The number of ether oxygens (including phenoxy) is 3. The van der Waals surface area contributed by atoms with Gasteiger partial charge in [-0.1, -0.05) is 0 Å². The van der Waals surface area contributed by atoms with Crippen LogP contribution in [0, 0.1) is 0 Å². The first-order chi connectivity index (χ1) is 16.6. The molecule has 2 heterocycles. The van der Waals surface area contributed by atoms with Crippen LogP contribution in [0.3, 0.4) is 0 Å². The number of nitrogens with zero attached hydrogens (tertiary/aromatic N) is 2. The zero-order valence-corrected chi connectivity index (χ0v) is 19.1. The summed E-state index contributed by atoms with van der Waals surface area (Å²) < 4.78 is 16.6. The molecule has 0 saturated carbocycles. The van der Waals surface area contributed by atoms with Crippen LogP contribution in [0.5, 0.6) is 11.5 Å². The fraction of sp³-hybridized carbons (Fsp3) is 0.375. The summed E-state index contributed by atoms with van der Waals surface area (Å²) in [6.07, 6.45) is 0. The smallest absolute Gasteiger partial charge is 0.257 e. The Kier molecular flexibility index (Phi) is 7.95. The number of anilines is 2. The van der Waals surface area contributed by atoms with Crippen molar-refractivity contribution in [1.82, 2.24) is 10.2 Å². The molecule has 3 N–H and O–H groups in total. The number of fused-ring (bicyclic) bond motifs is 1. The lowest BCUT2D eigenvalue weighted by Crippen LogP contribution is -2.39. The van der Waals surface area contributed by atoms with Gasteiger partial charge in [-0.25, -0.2) is 0 Å². The summed E-state index contributed by atoms with van der Waals surface area (Å²) in [5, 5.41) is 8.73. The maximum absolute atomic E-state index is 12.9. The molecule has 0 aliphatic carbocycles. The van der Waals surface area contributed by atoms with Crippen LogP contribution in [0.1, 0.15) is 17.3 Å². The number of rotatable bonds is 6. The minimum absolute atomic E-state index is 0.171. The Morgan fingerprint density at radius 3 is 2.35 bits per heavy atom. The molecule has 10 heteroatoms. The summed E-state index contributed by atoms with van der Waals surface area (Å²) in [6, 6.07) is 12.1. The second-order valence-corrected chi connectivity index (χ2v) is 7.88. The molecule has 1 fully saturated rings. The van der Waals surface area contributed by atoms with E-state index in [1.807, 2.05) is 18.2 Å². The SMILES string of the molecule is CC(=O)Nc1ccc(C(=O)NC(=NCCN2CCOCC2)Nc2ccc3c(c2)OCCO3)cc1. The van der Waals surface area contributed by atoms with Gasteiger partial charge in [-0.15, -0.1) is 0 Å². The lowest BCUT2D eigenvalue weighted by atomic mass is 10.2. The summed E-state index contributed by atoms with van der Waals surface area (Å²) in [6.45, 7) is 6.89. The van der Waals surface area contributed by atoms with Crippen LogP contribution in [0.2, 0.25) is 0 Å². The molecule has 0 bridgehead atoms. The van der Waals surface area contributed by atoms with E-state index < -0.39 is 0 Å². The van der Waals surface area contributed by atoms with E-state index in [2.05, 4.69) is 25.8 Å². The second-order valence-electron chi connectivity index (χ2n) is 7.88. The largest absolute Gasteiger partial charge is 0.486 e. The van der Waals surface area contributed by atoms with Gasteiger partial charge in [0.1, 0.15) is 13.2 Å². The summed E-state index contributed by atoms with van der Waals surface area (Å²) in [4.78, 5) is 31.0. The van der Waals surface area contributed by atoms with Crippen molar-refractivity contribution in [3.63, 3.8) is 0 Å². The zero-order valence-electron chi connectivity index (χ0n) is 19.1. The molecular formula is C24H29N5O5. The standard InChI is InChI=1S/C24H29N5O5/c1-17(30)26-19-4-2-18(3-5-19)23(31)28-24(25-8-9-29-10-12-32-13-11-29)27-20-6-7-21-22(16-20)34-15-14-33-21/h2-7,16H,8-15H2,1H3,(H,26,30)(H2,25,27,28,31). The van der Waals surface area contributed by atoms with E-state index in [4.69, 9.17) is 14.2 Å². The van der Waals surface area contributed by atoms with Gasteiger partial charge in [-0.2, -0.15) is 0 Å². The molecule has 1 saturated heterocycles. The van der Waals surface area contributed by atoms with Crippen LogP contribution >= 0.6 is 0 Å². The average Bonchev–Trinajstić information content (AvgIpc) is 2.84. The number of aliphatic imine (C=N–C) groups is 1. The number of amides is 2. The van der Waals surface area contributed by atoms with Crippen molar-refractivity contribution in [2.75, 3.05) is 63.2 Å². The van der Waals surface area contributed by atoms with Gasteiger partial charge in [0.25, 0.3) is 5.91 Å². The predicted molar refractivity (Wildman–Crippen MR) is 129 cm³/mol. The first kappa shape index (κ1) is 23.5. The Hall–Kier alpha value is -3.63. The molecule has 0 spiro atoms. The van der Waals surface area contributed by atoms with E-state index in [9.17, 15) is 9.59 Å². The Bertz CT molecular complexity index is 1030. The normalized spacial score (nSPS) is 16.0. The van der Waals surface area contributed by atoms with Crippen molar-refractivity contribution >= 4 is 29.1 Å². The minimum atomic E-state index is -0.315. The van der Waals surface area contributed by atoms with Gasteiger partial charge in [-0.3, -0.25) is 24.8 Å². The molecular weight excluding hydrogens is 438 g/mol. The highest BCUT2D eigenvalue weighted by Gasteiger charge is 2.15. The molecule has 2 aromatic carbocycles. The van der Waals surface area contributed by atoms with Crippen LogP contribution in [-0.2, 0) is 9.53 Å². The molecule has 2 aliphatic rings. The molecule has 4 rings (SSSR count). The molecule has 0 aromatic heterocycles. The third kappa shape index (κ3) is 6.69. The summed E-state index contributed by atoms with van der Waals surface area (Å²) in [5.74, 6) is 1.18. The highest BCUT2D eigenvalue weighted by Crippen LogP contribution is 2.32. The molecule has 10 nitrogen and oxygen atoms in total. The topological polar surface area (TPSA) is 114 Å². The fourth-order valence-corrected chi connectivity index (χ4v) is 3.58. The lowest BCUT2D eigenvalue weighted by Gasteiger charge is -2.25. The number of nitrogens with one attached hydrogen (secondary N) is 3. The van der Waals surface area contributed by atoms with Gasteiger partial charge in [0.15, 0.2) is 11.5 Å². The number of benzene rings is 2. The first-order valence-electron chi connectivity index (χ1n) is 11.3. The van der Waals surface area contributed by atoms with E-state index >= 15 is 0 Å². The van der Waals surface area contributed by atoms with Gasteiger partial charge in [0.05, 0.1) is 19.8 Å². The molecule has 0 radical (unpaired) electrons. The Labute approximate surface area is 198 Å². The monoisotopic (exact) mass is 467 g/mol. The van der Waals surface area contributed by atoms with E-state index in [1.165, 1.54) is 6.92 Å². The van der Waals surface area contributed by atoms with Crippen LogP contribution < -0.4 is 25.4 Å². The zero-order chi connectivity index (χ0) is 23.8. The highest BCUT2D eigenvalue weighted by atomic mass is 16.6. The maximum Gasteiger partial charge on any atom is 0.257 e. The summed E-state index contributed by atoms with van der Waals surface area (Å²) >= 11 is 0. The van der Waals surface area contributed by atoms with Crippen molar-refractivity contribution in [2.24, 2.45) is 4.99 Å². The number of guanidine groups is 1. The first-order valence-corrected chi connectivity index (χ1v) is 11.3. The number of hydrogen-bond donors (Lipinski definition) is 3. The minimum Gasteiger partial charge on any atom is -0.486 e. The van der Waals surface area contributed by atoms with Crippen LogP contribution in [-0.4, -0.2) is 75.3 Å². The average molecular weight is 468 g/mol. The van der Waals surface area contributed by atoms with E-state index in [0.29, 0.717) is 48.5 Å². The van der Waals surface area contributed by atoms with E-state index in [1.54, 1.807) is 24.3 Å². The lowest BCUT2D eigenvalue weighted by molar-refractivity contribution is -0.114. The van der Waals surface area contributed by atoms with Gasteiger partial charge < -0.3 is 24.8 Å². The molecule has 0 unspecified atom stereocenters. The van der Waals surface area contributed by atoms with Gasteiger partial charge in [-0.05, 0) is 36.4 Å². The maximum atomic E-state index is 12.9. The third-order valence-electron chi connectivity index (χ3n) is 5.29. The highest BCUT2D eigenvalue weighted by molar-refractivity contribution is 6.10. The van der Waals surface area contributed by atoms with Crippen molar-refractivity contribution in [3.8, 4) is 11.5 Å². The number of carbonyl (C=O) groups excluding carboxylic acids is 2. The van der Waals surface area contributed by atoms with Crippen LogP contribution in [0.25, 0.3) is 0 Å². The van der Waals surface area contributed by atoms with Crippen molar-refractivity contribution in [2.45, 2.75) is 6.92 Å². The van der Waals surface area contributed by atoms with E-state index in [0.717, 1.165) is 38.5 Å². The Morgan fingerprint density at radius 2 is 1.62 bits per heavy atom. The fourth-order valence-electron chi connectivity index (χ4n) is 3.58. The molecule has 0 atom stereocenters. The van der Waals surface area contributed by atoms with Gasteiger partial charge in [0.2, 0.25) is 11.9 Å². The Morgan fingerprint density at radius 1 is 0.912 bits per heavy atom. The summed E-state index contributed by atoms with van der Waals surface area (Å²) in [7, 11) is 0. The number of hydrogen-bond acceptors (Lipinski definition) is 7. The molecule has 2 aromatic rings. The quantitative estimate of drug-likeness (QED) is 0.440. The second kappa shape index (κ2) is 11.5. The molecule has 34 heavy (non-hydrogen) atoms. The van der Waals surface area contributed by atoms with Crippen molar-refractivity contribution in [1.29, 1.82) is 0 Å².